The second kappa shape index (κ2) is 6.19. The van der Waals surface area contributed by atoms with E-state index in [1.807, 2.05) is 0 Å². The summed E-state index contributed by atoms with van der Waals surface area (Å²) in [4.78, 5) is 4.80. The summed E-state index contributed by atoms with van der Waals surface area (Å²) in [5, 5.41) is 0. The standard InChI is InChI=1S/C18H23N3/c1-20-12-13-21(18-5-3-2-4-17(18)20)14-16-8-6-15(7-9-16)10-11-19/h2-9H,10-14,19H2,1H3. The molecular formula is C18H23N3. The molecule has 0 radical (unpaired) electrons. The van der Waals surface area contributed by atoms with Gasteiger partial charge >= 0.3 is 0 Å². The SMILES string of the molecule is CN1CCN(Cc2ccc(CCN)cc2)c2ccccc21. The Hall–Kier alpha value is -2.00. The molecule has 3 nitrogen and oxygen atoms in total. The highest BCUT2D eigenvalue weighted by molar-refractivity contribution is 5.73. The molecule has 0 amide bonds. The van der Waals surface area contributed by atoms with E-state index in [2.05, 4.69) is 65.4 Å². The zero-order valence-corrected chi connectivity index (χ0v) is 12.6. The lowest BCUT2D eigenvalue weighted by Gasteiger charge is -2.37. The summed E-state index contributed by atoms with van der Waals surface area (Å²) in [6.07, 6.45) is 0.956. The minimum Gasteiger partial charge on any atom is -0.371 e. The van der Waals surface area contributed by atoms with Crippen molar-refractivity contribution in [1.29, 1.82) is 0 Å². The number of benzene rings is 2. The maximum Gasteiger partial charge on any atom is 0.0607 e. The molecule has 1 aliphatic rings. The Kier molecular flexibility index (Phi) is 4.11. The Morgan fingerprint density at radius 3 is 2.29 bits per heavy atom. The van der Waals surface area contributed by atoms with Gasteiger partial charge in [0.25, 0.3) is 0 Å². The Bertz CT molecular complexity index is 592. The van der Waals surface area contributed by atoms with Gasteiger partial charge in [-0.1, -0.05) is 36.4 Å². The fourth-order valence-corrected chi connectivity index (χ4v) is 2.93. The Morgan fingerprint density at radius 2 is 1.57 bits per heavy atom. The predicted octanol–water partition coefficient (Wildman–Crippen LogP) is 2.64. The molecule has 0 bridgehead atoms. The first-order valence-corrected chi connectivity index (χ1v) is 7.61. The Balaban J connectivity index is 1.78. The van der Waals surface area contributed by atoms with Crippen LogP contribution in [-0.4, -0.2) is 26.7 Å². The van der Waals surface area contributed by atoms with Gasteiger partial charge in [-0.25, -0.2) is 0 Å². The van der Waals surface area contributed by atoms with Crippen LogP contribution in [0.15, 0.2) is 48.5 Å². The van der Waals surface area contributed by atoms with Gasteiger partial charge in [0, 0.05) is 26.7 Å². The van der Waals surface area contributed by atoms with E-state index in [0.717, 1.165) is 26.1 Å². The summed E-state index contributed by atoms with van der Waals surface area (Å²) in [7, 11) is 2.16. The Morgan fingerprint density at radius 1 is 0.905 bits per heavy atom. The molecule has 2 aromatic carbocycles. The number of nitrogens with two attached hydrogens (primary N) is 1. The van der Waals surface area contributed by atoms with Gasteiger partial charge in [0.2, 0.25) is 0 Å². The lowest BCUT2D eigenvalue weighted by molar-refractivity contribution is 0.734. The van der Waals surface area contributed by atoms with Crippen molar-refractivity contribution in [3.05, 3.63) is 59.7 Å². The van der Waals surface area contributed by atoms with Crippen LogP contribution in [0.5, 0.6) is 0 Å². The van der Waals surface area contributed by atoms with Gasteiger partial charge in [0.1, 0.15) is 0 Å². The maximum absolute atomic E-state index is 5.60. The number of nitrogens with zero attached hydrogens (tertiary/aromatic N) is 2. The average Bonchev–Trinajstić information content (AvgIpc) is 2.52. The summed E-state index contributed by atoms with van der Waals surface area (Å²) in [6, 6.07) is 17.5. The molecule has 0 spiro atoms. The van der Waals surface area contributed by atoms with Crippen molar-refractivity contribution in [3.8, 4) is 0 Å². The van der Waals surface area contributed by atoms with Gasteiger partial charge in [-0.2, -0.15) is 0 Å². The second-order valence-electron chi connectivity index (χ2n) is 5.69. The van der Waals surface area contributed by atoms with Crippen LogP contribution >= 0.6 is 0 Å². The lowest BCUT2D eigenvalue weighted by Crippen LogP contribution is -2.38. The lowest BCUT2D eigenvalue weighted by atomic mass is 10.1. The van der Waals surface area contributed by atoms with Crippen molar-refractivity contribution in [2.24, 2.45) is 5.73 Å². The topological polar surface area (TPSA) is 32.5 Å². The summed E-state index contributed by atoms with van der Waals surface area (Å²) in [6.45, 7) is 3.82. The van der Waals surface area contributed by atoms with Gasteiger partial charge in [-0.3, -0.25) is 0 Å². The van der Waals surface area contributed by atoms with Gasteiger partial charge in [0.15, 0.2) is 0 Å². The van der Waals surface area contributed by atoms with Crippen LogP contribution in [0, 0.1) is 0 Å². The molecule has 0 saturated heterocycles. The summed E-state index contributed by atoms with van der Waals surface area (Å²) in [5.74, 6) is 0. The first-order chi connectivity index (χ1) is 10.3. The van der Waals surface area contributed by atoms with E-state index < -0.39 is 0 Å². The molecule has 110 valence electrons. The molecular weight excluding hydrogens is 258 g/mol. The second-order valence-corrected chi connectivity index (χ2v) is 5.69. The molecule has 0 atom stereocenters. The van der Waals surface area contributed by atoms with E-state index in [1.165, 1.54) is 22.5 Å². The molecule has 0 fully saturated rings. The molecule has 0 aliphatic carbocycles. The normalized spacial score (nSPS) is 14.2. The van der Waals surface area contributed by atoms with Crippen LogP contribution in [0.4, 0.5) is 11.4 Å². The number of hydrogen-bond donors (Lipinski definition) is 1. The molecule has 0 unspecified atom stereocenters. The smallest absolute Gasteiger partial charge is 0.0607 e. The van der Waals surface area contributed by atoms with Crippen molar-refractivity contribution < 1.29 is 0 Å². The van der Waals surface area contributed by atoms with Gasteiger partial charge in [-0.15, -0.1) is 0 Å². The number of fused-ring (bicyclic) bond motifs is 1. The molecule has 3 heteroatoms. The molecule has 1 aliphatic heterocycles. The van der Waals surface area contributed by atoms with Crippen molar-refractivity contribution in [2.75, 3.05) is 36.5 Å². The number of rotatable bonds is 4. The van der Waals surface area contributed by atoms with E-state index in [1.54, 1.807) is 0 Å². The minimum absolute atomic E-state index is 0.713. The van der Waals surface area contributed by atoms with E-state index >= 15 is 0 Å². The van der Waals surface area contributed by atoms with E-state index in [9.17, 15) is 0 Å². The summed E-state index contributed by atoms with van der Waals surface area (Å²) >= 11 is 0. The van der Waals surface area contributed by atoms with Crippen molar-refractivity contribution in [3.63, 3.8) is 0 Å². The van der Waals surface area contributed by atoms with Gasteiger partial charge in [0.05, 0.1) is 11.4 Å². The largest absolute Gasteiger partial charge is 0.371 e. The summed E-state index contributed by atoms with van der Waals surface area (Å²) in [5.41, 5.74) is 10.9. The molecule has 21 heavy (non-hydrogen) atoms. The van der Waals surface area contributed by atoms with E-state index in [0.29, 0.717) is 6.54 Å². The number of likely N-dealkylation sites (N-methyl/N-ethyl adjacent to an activating group) is 1. The van der Waals surface area contributed by atoms with Crippen LogP contribution < -0.4 is 15.5 Å². The quantitative estimate of drug-likeness (QED) is 0.935. The highest BCUT2D eigenvalue weighted by atomic mass is 15.2. The van der Waals surface area contributed by atoms with Crippen molar-refractivity contribution in [2.45, 2.75) is 13.0 Å². The maximum atomic E-state index is 5.60. The minimum atomic E-state index is 0.713. The zero-order valence-electron chi connectivity index (χ0n) is 12.6. The highest BCUT2D eigenvalue weighted by Gasteiger charge is 2.19. The van der Waals surface area contributed by atoms with Crippen molar-refractivity contribution in [1.82, 2.24) is 0 Å². The molecule has 3 rings (SSSR count). The molecule has 0 saturated carbocycles. The van der Waals surface area contributed by atoms with Crippen molar-refractivity contribution >= 4 is 11.4 Å². The fourth-order valence-electron chi connectivity index (χ4n) is 2.93. The third-order valence-electron chi connectivity index (χ3n) is 4.17. The van der Waals surface area contributed by atoms with Crippen LogP contribution in [0.3, 0.4) is 0 Å². The van der Waals surface area contributed by atoms with Crippen LogP contribution in [-0.2, 0) is 13.0 Å². The van der Waals surface area contributed by atoms with Crippen LogP contribution in [0.2, 0.25) is 0 Å². The predicted molar refractivity (Wildman–Crippen MR) is 90.0 cm³/mol. The molecule has 2 aromatic rings. The first-order valence-electron chi connectivity index (χ1n) is 7.61. The zero-order chi connectivity index (χ0) is 14.7. The highest BCUT2D eigenvalue weighted by Crippen LogP contribution is 2.32. The molecule has 1 heterocycles. The first kappa shape index (κ1) is 14.0. The van der Waals surface area contributed by atoms with E-state index in [-0.39, 0.29) is 0 Å². The third-order valence-corrected chi connectivity index (χ3v) is 4.17. The van der Waals surface area contributed by atoms with Gasteiger partial charge < -0.3 is 15.5 Å². The average molecular weight is 281 g/mol. The van der Waals surface area contributed by atoms with Crippen LogP contribution in [0.1, 0.15) is 11.1 Å². The van der Waals surface area contributed by atoms with Crippen LogP contribution in [0.25, 0.3) is 0 Å². The number of anilines is 2. The molecule has 0 aromatic heterocycles. The Labute approximate surface area is 127 Å². The third kappa shape index (κ3) is 3.03. The molecule has 2 N–H and O–H groups in total. The van der Waals surface area contributed by atoms with Gasteiger partial charge in [-0.05, 0) is 36.2 Å². The monoisotopic (exact) mass is 281 g/mol. The summed E-state index contributed by atoms with van der Waals surface area (Å²) < 4.78 is 0. The fraction of sp³-hybridized carbons (Fsp3) is 0.333. The number of para-hydroxylation sites is 2. The van der Waals surface area contributed by atoms with E-state index in [4.69, 9.17) is 5.73 Å². The number of hydrogen-bond acceptors (Lipinski definition) is 3.